The third-order valence-corrected chi connectivity index (χ3v) is 3.59. The van der Waals surface area contributed by atoms with Gasteiger partial charge in [-0.25, -0.2) is 4.98 Å². The fourth-order valence-electron chi connectivity index (χ4n) is 2.03. The van der Waals surface area contributed by atoms with Crippen molar-refractivity contribution in [2.75, 3.05) is 6.61 Å². The van der Waals surface area contributed by atoms with Gasteiger partial charge in [-0.05, 0) is 36.0 Å². The minimum atomic E-state index is -0.0167. The average molecular weight is 286 g/mol. The summed E-state index contributed by atoms with van der Waals surface area (Å²) < 4.78 is 5.67. The maximum Gasteiger partial charge on any atom is 0.213 e. The number of nitrogens with zero attached hydrogens (tertiary/aromatic N) is 2. The normalized spacial score (nSPS) is 12.1. The quantitative estimate of drug-likeness (QED) is 0.849. The van der Waals surface area contributed by atoms with Crippen LogP contribution in [0.5, 0.6) is 5.88 Å². The highest BCUT2D eigenvalue weighted by molar-refractivity contribution is 5.19. The van der Waals surface area contributed by atoms with Gasteiger partial charge in [-0.2, -0.15) is 0 Å². The van der Waals surface area contributed by atoms with Gasteiger partial charge in [-0.3, -0.25) is 4.98 Å². The molecule has 0 aliphatic carbocycles. The number of aromatic nitrogens is 2. The molecule has 4 heteroatoms. The van der Waals surface area contributed by atoms with E-state index in [9.17, 15) is 0 Å². The first-order valence-electron chi connectivity index (χ1n) is 7.36. The lowest BCUT2D eigenvalue weighted by Crippen LogP contribution is -2.05. The summed E-state index contributed by atoms with van der Waals surface area (Å²) >= 11 is 0. The van der Waals surface area contributed by atoms with Crippen LogP contribution in [0, 0.1) is 0 Å². The summed E-state index contributed by atoms with van der Waals surface area (Å²) in [6, 6.07) is 7.83. The molecule has 0 radical (unpaired) electrons. The summed E-state index contributed by atoms with van der Waals surface area (Å²) in [6.07, 6.45) is 5.57. The highest BCUT2D eigenvalue weighted by atomic mass is 16.5. The highest BCUT2D eigenvalue weighted by Crippen LogP contribution is 2.19. The molecular formula is C17H22N2O2. The van der Waals surface area contributed by atoms with Crippen molar-refractivity contribution in [2.45, 2.75) is 39.2 Å². The topological polar surface area (TPSA) is 55.2 Å². The molecule has 112 valence electrons. The minimum absolute atomic E-state index is 0.0167. The number of ether oxygens (including phenoxy) is 1. The van der Waals surface area contributed by atoms with Crippen molar-refractivity contribution in [1.29, 1.82) is 0 Å². The van der Waals surface area contributed by atoms with Crippen LogP contribution in [0.1, 0.15) is 43.0 Å². The van der Waals surface area contributed by atoms with E-state index < -0.39 is 0 Å². The van der Waals surface area contributed by atoms with Gasteiger partial charge >= 0.3 is 0 Å². The summed E-state index contributed by atoms with van der Waals surface area (Å²) in [5, 5.41) is 8.98. The van der Waals surface area contributed by atoms with Gasteiger partial charge in [0, 0.05) is 18.5 Å². The zero-order chi connectivity index (χ0) is 15.1. The van der Waals surface area contributed by atoms with Crippen molar-refractivity contribution >= 4 is 0 Å². The van der Waals surface area contributed by atoms with Crippen LogP contribution in [0.4, 0.5) is 0 Å². The molecule has 2 rings (SSSR count). The van der Waals surface area contributed by atoms with Crippen LogP contribution in [0.2, 0.25) is 0 Å². The Morgan fingerprint density at radius 2 is 2.00 bits per heavy atom. The van der Waals surface area contributed by atoms with Crippen molar-refractivity contribution in [2.24, 2.45) is 0 Å². The van der Waals surface area contributed by atoms with Crippen molar-refractivity contribution < 1.29 is 9.84 Å². The predicted octanol–water partition coefficient (Wildman–Crippen LogP) is 3.10. The third-order valence-electron chi connectivity index (χ3n) is 3.59. The molecule has 1 N–H and O–H groups in total. The van der Waals surface area contributed by atoms with Gasteiger partial charge in [0.1, 0.15) is 0 Å². The molecule has 0 bridgehead atoms. The van der Waals surface area contributed by atoms with Crippen LogP contribution in [0.15, 0.2) is 36.7 Å². The molecule has 0 fully saturated rings. The van der Waals surface area contributed by atoms with Gasteiger partial charge in [0.25, 0.3) is 0 Å². The molecule has 0 aliphatic rings. The number of aliphatic hydroxyl groups is 1. The number of aliphatic hydroxyl groups excluding tert-OH is 1. The Morgan fingerprint density at radius 3 is 2.57 bits per heavy atom. The second kappa shape index (κ2) is 7.74. The van der Waals surface area contributed by atoms with Crippen LogP contribution >= 0.6 is 0 Å². The van der Waals surface area contributed by atoms with E-state index in [2.05, 4.69) is 23.8 Å². The van der Waals surface area contributed by atoms with E-state index in [1.54, 1.807) is 0 Å². The lowest BCUT2D eigenvalue weighted by molar-refractivity contribution is 0.276. The van der Waals surface area contributed by atoms with Gasteiger partial charge in [0.05, 0.1) is 18.9 Å². The maximum atomic E-state index is 8.98. The van der Waals surface area contributed by atoms with Crippen molar-refractivity contribution in [3.05, 3.63) is 53.5 Å². The fraction of sp³-hybridized carbons (Fsp3) is 0.412. The summed E-state index contributed by atoms with van der Waals surface area (Å²) in [6.45, 7) is 4.86. The van der Waals surface area contributed by atoms with Gasteiger partial charge in [-0.15, -0.1) is 0 Å². The maximum absolute atomic E-state index is 8.98. The van der Waals surface area contributed by atoms with Crippen LogP contribution in [0.3, 0.4) is 0 Å². The fourth-order valence-corrected chi connectivity index (χ4v) is 2.03. The third kappa shape index (κ3) is 4.53. The molecule has 1 unspecified atom stereocenters. The van der Waals surface area contributed by atoms with Gasteiger partial charge < -0.3 is 9.84 Å². The van der Waals surface area contributed by atoms with E-state index >= 15 is 0 Å². The molecule has 0 aromatic carbocycles. The number of hydrogen-bond acceptors (Lipinski definition) is 4. The van der Waals surface area contributed by atoms with E-state index in [1.807, 2.05) is 36.7 Å². The number of aryl methyl sites for hydroxylation is 1. The standard InChI is InChI=1S/C17H22N2O2/c1-3-14-4-7-17(19-10-14)21-9-8-13(2)15-5-6-16(12-20)18-11-15/h4-7,10-11,13,20H,3,8-9,12H2,1-2H3. The van der Waals surface area contributed by atoms with E-state index in [-0.39, 0.29) is 6.61 Å². The second-order valence-corrected chi connectivity index (χ2v) is 5.14. The summed E-state index contributed by atoms with van der Waals surface area (Å²) in [4.78, 5) is 8.48. The summed E-state index contributed by atoms with van der Waals surface area (Å²) in [5.41, 5.74) is 3.07. The van der Waals surface area contributed by atoms with Gasteiger partial charge in [0.15, 0.2) is 0 Å². The lowest BCUT2D eigenvalue weighted by Gasteiger charge is -2.12. The van der Waals surface area contributed by atoms with E-state index in [1.165, 1.54) is 5.56 Å². The van der Waals surface area contributed by atoms with Crippen LogP contribution in [-0.4, -0.2) is 21.7 Å². The minimum Gasteiger partial charge on any atom is -0.478 e. The molecular weight excluding hydrogens is 264 g/mol. The Labute approximate surface area is 125 Å². The average Bonchev–Trinajstić information content (AvgIpc) is 2.55. The van der Waals surface area contributed by atoms with Crippen molar-refractivity contribution in [3.63, 3.8) is 0 Å². The summed E-state index contributed by atoms with van der Waals surface area (Å²) in [7, 11) is 0. The predicted molar refractivity (Wildman–Crippen MR) is 82.3 cm³/mol. The molecule has 0 spiro atoms. The molecule has 0 saturated carbocycles. The molecule has 0 aliphatic heterocycles. The molecule has 2 aromatic heterocycles. The van der Waals surface area contributed by atoms with E-state index in [0.29, 0.717) is 24.1 Å². The van der Waals surface area contributed by atoms with Crippen LogP contribution in [0.25, 0.3) is 0 Å². The molecule has 1 atom stereocenters. The number of rotatable bonds is 7. The first-order chi connectivity index (χ1) is 10.2. The number of pyridine rings is 2. The Hall–Kier alpha value is -1.94. The zero-order valence-electron chi connectivity index (χ0n) is 12.6. The zero-order valence-corrected chi connectivity index (χ0v) is 12.6. The second-order valence-electron chi connectivity index (χ2n) is 5.14. The van der Waals surface area contributed by atoms with Crippen molar-refractivity contribution in [1.82, 2.24) is 9.97 Å². The Morgan fingerprint density at radius 1 is 1.14 bits per heavy atom. The molecule has 2 heterocycles. The first kappa shape index (κ1) is 15.4. The van der Waals surface area contributed by atoms with Crippen LogP contribution in [-0.2, 0) is 13.0 Å². The van der Waals surface area contributed by atoms with Gasteiger partial charge in [0.2, 0.25) is 5.88 Å². The lowest BCUT2D eigenvalue weighted by atomic mass is 10.00. The van der Waals surface area contributed by atoms with Gasteiger partial charge in [-0.1, -0.05) is 26.0 Å². The van der Waals surface area contributed by atoms with E-state index in [4.69, 9.17) is 9.84 Å². The Kier molecular flexibility index (Phi) is 5.69. The highest BCUT2D eigenvalue weighted by Gasteiger charge is 2.07. The van der Waals surface area contributed by atoms with Crippen LogP contribution < -0.4 is 4.74 Å². The molecule has 2 aromatic rings. The molecule has 21 heavy (non-hydrogen) atoms. The van der Waals surface area contributed by atoms with E-state index in [0.717, 1.165) is 18.4 Å². The monoisotopic (exact) mass is 286 g/mol. The molecule has 4 nitrogen and oxygen atoms in total. The molecule has 0 amide bonds. The molecule has 0 saturated heterocycles. The Balaban J connectivity index is 1.81. The SMILES string of the molecule is CCc1ccc(OCCC(C)c2ccc(CO)nc2)nc1. The smallest absolute Gasteiger partial charge is 0.213 e. The number of hydrogen-bond donors (Lipinski definition) is 1. The largest absolute Gasteiger partial charge is 0.478 e. The Bertz CT molecular complexity index is 538. The first-order valence-corrected chi connectivity index (χ1v) is 7.36. The summed E-state index contributed by atoms with van der Waals surface area (Å²) in [5.74, 6) is 1.04. The van der Waals surface area contributed by atoms with Crippen molar-refractivity contribution in [3.8, 4) is 5.88 Å².